The third-order valence-electron chi connectivity index (χ3n) is 3.76. The number of hydrogen-bond acceptors (Lipinski definition) is 11. The molecule has 0 saturated heterocycles. The molecule has 0 aromatic carbocycles. The first-order chi connectivity index (χ1) is 13.9. The normalized spacial score (nSPS) is 18.6. The summed E-state index contributed by atoms with van der Waals surface area (Å²) in [4.78, 5) is 32.8. The van der Waals surface area contributed by atoms with E-state index in [0.29, 0.717) is 11.8 Å². The van der Waals surface area contributed by atoms with Gasteiger partial charge in [-0.2, -0.15) is 0 Å². The summed E-state index contributed by atoms with van der Waals surface area (Å²) in [5.74, 6) is -3.35. The van der Waals surface area contributed by atoms with E-state index >= 15 is 0 Å². The standard InChI is InChI=1S/C18H16N2O7S2/c1-2-26-17(25)18(9-28-14-10(21)5-3-7-19-14)13(12(23)16(24)27-18)29-15-11(22)6-4-8-20-15/h3-8,21-23H,2,9H2,1H3. The number of thioether (sulfide) groups is 2. The second kappa shape index (κ2) is 8.62. The van der Waals surface area contributed by atoms with E-state index in [1.807, 2.05) is 0 Å². The van der Waals surface area contributed by atoms with Gasteiger partial charge in [-0.15, -0.1) is 0 Å². The summed E-state index contributed by atoms with van der Waals surface area (Å²) in [6, 6.07) is 5.83. The molecule has 0 radical (unpaired) electrons. The Hall–Kier alpha value is -2.92. The van der Waals surface area contributed by atoms with Crippen molar-refractivity contribution in [2.45, 2.75) is 22.6 Å². The highest BCUT2D eigenvalue weighted by Crippen LogP contribution is 2.47. The molecule has 3 N–H and O–H groups in total. The maximum atomic E-state index is 12.8. The van der Waals surface area contributed by atoms with Crippen molar-refractivity contribution in [3.8, 4) is 11.5 Å². The molecule has 2 aromatic heterocycles. The number of carbonyl (C=O) groups excluding carboxylic acids is 2. The number of aliphatic hydroxyl groups excluding tert-OH is 1. The van der Waals surface area contributed by atoms with Crippen molar-refractivity contribution in [2.75, 3.05) is 12.4 Å². The third-order valence-corrected chi connectivity index (χ3v) is 6.13. The van der Waals surface area contributed by atoms with E-state index in [1.54, 1.807) is 6.92 Å². The molecule has 2 aromatic rings. The molecule has 0 amide bonds. The number of hydrogen-bond donors (Lipinski definition) is 3. The van der Waals surface area contributed by atoms with Crippen molar-refractivity contribution in [3.63, 3.8) is 0 Å². The zero-order chi connectivity index (χ0) is 21.0. The molecule has 9 nitrogen and oxygen atoms in total. The number of nitrogens with zero attached hydrogens (tertiary/aromatic N) is 2. The van der Waals surface area contributed by atoms with E-state index in [1.165, 1.54) is 36.7 Å². The molecule has 152 valence electrons. The van der Waals surface area contributed by atoms with Crippen molar-refractivity contribution in [1.82, 2.24) is 9.97 Å². The van der Waals surface area contributed by atoms with Gasteiger partial charge in [0.05, 0.1) is 17.3 Å². The van der Waals surface area contributed by atoms with E-state index in [9.17, 15) is 24.9 Å². The van der Waals surface area contributed by atoms with Gasteiger partial charge in [0.1, 0.15) is 21.6 Å². The van der Waals surface area contributed by atoms with Crippen molar-refractivity contribution in [3.05, 3.63) is 47.3 Å². The first-order valence-electron chi connectivity index (χ1n) is 8.32. The lowest BCUT2D eigenvalue weighted by Gasteiger charge is -2.27. The first-order valence-corrected chi connectivity index (χ1v) is 10.1. The van der Waals surface area contributed by atoms with Gasteiger partial charge in [-0.1, -0.05) is 23.5 Å². The smallest absolute Gasteiger partial charge is 0.375 e. The quantitative estimate of drug-likeness (QED) is 0.435. The number of esters is 2. The van der Waals surface area contributed by atoms with Gasteiger partial charge in [0.25, 0.3) is 5.60 Å². The summed E-state index contributed by atoms with van der Waals surface area (Å²) in [5.41, 5.74) is -2.00. The monoisotopic (exact) mass is 436 g/mol. The average Bonchev–Trinajstić information content (AvgIpc) is 2.94. The number of pyridine rings is 2. The van der Waals surface area contributed by atoms with Crippen LogP contribution < -0.4 is 0 Å². The molecule has 1 atom stereocenters. The molecule has 0 bridgehead atoms. The van der Waals surface area contributed by atoms with Crippen LogP contribution in [0.5, 0.6) is 11.5 Å². The lowest BCUT2D eigenvalue weighted by atomic mass is 10.1. The molecule has 3 heterocycles. The Balaban J connectivity index is 2.01. The van der Waals surface area contributed by atoms with Gasteiger partial charge < -0.3 is 24.8 Å². The Morgan fingerprint density at radius 1 is 1.14 bits per heavy atom. The topological polar surface area (TPSA) is 139 Å². The summed E-state index contributed by atoms with van der Waals surface area (Å²) in [6.45, 7) is 1.59. The van der Waals surface area contributed by atoms with Crippen LogP contribution in [0.25, 0.3) is 0 Å². The Kier molecular flexibility index (Phi) is 6.18. The van der Waals surface area contributed by atoms with Crippen LogP contribution in [-0.2, 0) is 19.1 Å². The fraction of sp³-hybridized carbons (Fsp3) is 0.222. The number of cyclic esters (lactones) is 1. The van der Waals surface area contributed by atoms with E-state index in [4.69, 9.17) is 9.47 Å². The van der Waals surface area contributed by atoms with Crippen LogP contribution >= 0.6 is 23.5 Å². The fourth-order valence-corrected chi connectivity index (χ4v) is 4.55. The maximum Gasteiger partial charge on any atom is 0.375 e. The molecule has 11 heteroatoms. The minimum Gasteiger partial charge on any atom is -0.505 e. The number of aliphatic hydroxyl groups is 1. The summed E-state index contributed by atoms with van der Waals surface area (Å²) >= 11 is 1.66. The molecule has 1 aliphatic heterocycles. The van der Waals surface area contributed by atoms with Gasteiger partial charge in [-0.25, -0.2) is 19.6 Å². The molecule has 1 unspecified atom stereocenters. The molecular weight excluding hydrogens is 420 g/mol. The lowest BCUT2D eigenvalue weighted by Crippen LogP contribution is -2.44. The minimum atomic E-state index is -2.00. The van der Waals surface area contributed by atoms with Gasteiger partial charge in [-0.3, -0.25) is 0 Å². The van der Waals surface area contributed by atoms with Crippen molar-refractivity contribution in [2.24, 2.45) is 0 Å². The van der Waals surface area contributed by atoms with Gasteiger partial charge in [0, 0.05) is 12.4 Å². The Labute approximate surface area is 173 Å². The summed E-state index contributed by atoms with van der Waals surface area (Å²) in [7, 11) is 0. The van der Waals surface area contributed by atoms with Crippen molar-refractivity contribution in [1.29, 1.82) is 0 Å². The van der Waals surface area contributed by atoms with Crippen molar-refractivity contribution >= 4 is 35.5 Å². The van der Waals surface area contributed by atoms with Crippen LogP contribution in [0.3, 0.4) is 0 Å². The number of rotatable bonds is 7. The Bertz CT molecular complexity index is 982. The van der Waals surface area contributed by atoms with Crippen LogP contribution in [0.4, 0.5) is 0 Å². The highest BCUT2D eigenvalue weighted by molar-refractivity contribution is 8.03. The largest absolute Gasteiger partial charge is 0.505 e. The fourth-order valence-electron chi connectivity index (χ4n) is 2.42. The average molecular weight is 436 g/mol. The van der Waals surface area contributed by atoms with Crippen LogP contribution in [-0.4, -0.2) is 55.2 Å². The summed E-state index contributed by atoms with van der Waals surface area (Å²) in [5, 5.41) is 30.5. The predicted octanol–water partition coefficient (Wildman–Crippen LogP) is 2.40. The van der Waals surface area contributed by atoms with Crippen LogP contribution in [0.15, 0.2) is 57.4 Å². The highest BCUT2D eigenvalue weighted by atomic mass is 32.2. The maximum absolute atomic E-state index is 12.8. The summed E-state index contributed by atoms with van der Waals surface area (Å²) in [6.07, 6.45) is 2.86. The molecule has 0 fully saturated rings. The van der Waals surface area contributed by atoms with Gasteiger partial charge in [-0.05, 0) is 31.2 Å². The molecule has 29 heavy (non-hydrogen) atoms. The van der Waals surface area contributed by atoms with E-state index in [-0.39, 0.29) is 38.8 Å². The van der Waals surface area contributed by atoms with Crippen molar-refractivity contribution < 1.29 is 34.4 Å². The SMILES string of the molecule is CCOC(=O)C1(CSc2ncccc2O)OC(=O)C(O)=C1Sc1ncccc1O. The molecule has 0 aliphatic carbocycles. The number of carbonyl (C=O) groups is 2. The molecule has 0 spiro atoms. The zero-order valence-corrected chi connectivity index (χ0v) is 16.7. The van der Waals surface area contributed by atoms with Crippen LogP contribution in [0.2, 0.25) is 0 Å². The molecule has 0 saturated carbocycles. The number of aromatic nitrogens is 2. The second-order valence-electron chi connectivity index (χ2n) is 5.66. The van der Waals surface area contributed by atoms with Gasteiger partial charge in [0.15, 0.2) is 0 Å². The molecular formula is C18H16N2O7S2. The lowest BCUT2D eigenvalue weighted by molar-refractivity contribution is -0.169. The number of ether oxygens (including phenoxy) is 2. The Morgan fingerprint density at radius 3 is 2.34 bits per heavy atom. The van der Waals surface area contributed by atoms with E-state index in [0.717, 1.165) is 11.8 Å². The van der Waals surface area contributed by atoms with E-state index in [2.05, 4.69) is 9.97 Å². The number of aromatic hydroxyl groups is 2. The first kappa shape index (κ1) is 20.8. The zero-order valence-electron chi connectivity index (χ0n) is 15.1. The molecule has 3 rings (SSSR count). The minimum absolute atomic E-state index is 0.00514. The van der Waals surface area contributed by atoms with Gasteiger partial charge >= 0.3 is 11.9 Å². The van der Waals surface area contributed by atoms with Crippen LogP contribution in [0.1, 0.15) is 6.92 Å². The highest BCUT2D eigenvalue weighted by Gasteiger charge is 2.56. The predicted molar refractivity (Wildman–Crippen MR) is 103 cm³/mol. The molecule has 1 aliphatic rings. The summed E-state index contributed by atoms with van der Waals surface area (Å²) < 4.78 is 10.4. The van der Waals surface area contributed by atoms with E-state index < -0.39 is 23.3 Å². The Morgan fingerprint density at radius 2 is 1.76 bits per heavy atom. The second-order valence-corrected chi connectivity index (χ2v) is 7.62. The third kappa shape index (κ3) is 4.10. The van der Waals surface area contributed by atoms with Gasteiger partial charge in [0.2, 0.25) is 5.76 Å². The van der Waals surface area contributed by atoms with Crippen LogP contribution in [0, 0.1) is 0 Å².